The Bertz CT molecular complexity index is 1090. The number of rotatable bonds is 7. The van der Waals surface area contributed by atoms with Gasteiger partial charge in [-0.1, -0.05) is 30.3 Å². The number of ether oxygens (including phenoxy) is 1. The van der Waals surface area contributed by atoms with Crippen LogP contribution in [-0.2, 0) is 21.2 Å². The summed E-state index contributed by atoms with van der Waals surface area (Å²) in [5.41, 5.74) is 2.89. The van der Waals surface area contributed by atoms with Crippen molar-refractivity contribution in [2.45, 2.75) is 44.6 Å². The van der Waals surface area contributed by atoms with Gasteiger partial charge in [-0.2, -0.15) is 4.72 Å². The molecule has 180 valence electrons. The number of carbonyl (C=O) groups excluding carboxylic acids is 1. The van der Waals surface area contributed by atoms with Gasteiger partial charge in [0.15, 0.2) is 0 Å². The summed E-state index contributed by atoms with van der Waals surface area (Å²) in [7, 11) is -0.348. The molecule has 0 spiro atoms. The fraction of sp³-hybridized carbons (Fsp3) is 0.480. The van der Waals surface area contributed by atoms with Crippen LogP contribution in [0.4, 0.5) is 0 Å². The molecule has 3 rings (SSSR count). The Morgan fingerprint density at radius 2 is 1.76 bits per heavy atom. The Balaban J connectivity index is 1.95. The number of methoxy groups -OCH3 is 1. The zero-order valence-corrected chi connectivity index (χ0v) is 21.0. The number of hydrogen-bond donors (Lipinski definition) is 1. The zero-order valence-electron chi connectivity index (χ0n) is 20.2. The molecule has 1 heterocycles. The van der Waals surface area contributed by atoms with E-state index in [-0.39, 0.29) is 10.8 Å². The smallest absolute Gasteiger partial charge is 0.241 e. The molecular weight excluding hydrogens is 438 g/mol. The van der Waals surface area contributed by atoms with Gasteiger partial charge in [0.25, 0.3) is 0 Å². The summed E-state index contributed by atoms with van der Waals surface area (Å²) in [5, 5.41) is 0. The summed E-state index contributed by atoms with van der Waals surface area (Å²) in [6, 6.07) is 10.4. The van der Waals surface area contributed by atoms with Crippen molar-refractivity contribution >= 4 is 15.9 Å². The predicted octanol–water partition coefficient (Wildman–Crippen LogP) is 2.67. The van der Waals surface area contributed by atoms with E-state index < -0.39 is 16.1 Å². The lowest BCUT2D eigenvalue weighted by Gasteiger charge is -2.27. The molecule has 1 atom stereocenters. The highest BCUT2D eigenvalue weighted by atomic mass is 32.2. The second-order valence-electron chi connectivity index (χ2n) is 8.82. The Kier molecular flexibility index (Phi) is 8.15. The summed E-state index contributed by atoms with van der Waals surface area (Å²) < 4.78 is 35.4. The lowest BCUT2D eigenvalue weighted by Crippen LogP contribution is -2.50. The molecule has 1 aliphatic rings. The van der Waals surface area contributed by atoms with Crippen molar-refractivity contribution < 1.29 is 17.9 Å². The van der Waals surface area contributed by atoms with E-state index >= 15 is 0 Å². The van der Waals surface area contributed by atoms with E-state index in [1.165, 1.54) is 0 Å². The van der Waals surface area contributed by atoms with Crippen LogP contribution >= 0.6 is 0 Å². The average Bonchev–Trinajstić information content (AvgIpc) is 3.00. The molecule has 33 heavy (non-hydrogen) atoms. The molecule has 0 radical (unpaired) electrons. The quantitative estimate of drug-likeness (QED) is 0.669. The number of nitrogens with one attached hydrogen (secondary N) is 1. The molecule has 0 aliphatic carbocycles. The minimum absolute atomic E-state index is 0.182. The third kappa shape index (κ3) is 5.93. The minimum Gasteiger partial charge on any atom is -0.496 e. The zero-order chi connectivity index (χ0) is 24.2. The van der Waals surface area contributed by atoms with Crippen molar-refractivity contribution in [2.24, 2.45) is 0 Å². The average molecular weight is 474 g/mol. The van der Waals surface area contributed by atoms with E-state index in [2.05, 4.69) is 9.62 Å². The van der Waals surface area contributed by atoms with E-state index in [1.807, 2.05) is 44.3 Å². The number of sulfonamides is 1. The lowest BCUT2D eigenvalue weighted by molar-refractivity contribution is -0.132. The summed E-state index contributed by atoms with van der Waals surface area (Å²) in [6.45, 7) is 8.26. The van der Waals surface area contributed by atoms with Gasteiger partial charge < -0.3 is 14.5 Å². The molecule has 2 aromatic rings. The van der Waals surface area contributed by atoms with Crippen molar-refractivity contribution in [3.8, 4) is 5.75 Å². The van der Waals surface area contributed by atoms with Crippen LogP contribution in [0.2, 0.25) is 0 Å². The molecule has 0 unspecified atom stereocenters. The van der Waals surface area contributed by atoms with E-state index in [0.717, 1.165) is 30.6 Å². The van der Waals surface area contributed by atoms with E-state index in [1.54, 1.807) is 31.9 Å². The van der Waals surface area contributed by atoms with E-state index in [4.69, 9.17) is 4.74 Å². The first-order chi connectivity index (χ1) is 15.6. The second-order valence-corrected chi connectivity index (χ2v) is 10.5. The third-order valence-electron chi connectivity index (χ3n) is 6.38. The Morgan fingerprint density at radius 3 is 2.42 bits per heavy atom. The van der Waals surface area contributed by atoms with Crippen LogP contribution in [0.1, 0.15) is 28.7 Å². The molecule has 2 aromatic carbocycles. The van der Waals surface area contributed by atoms with Crippen LogP contribution in [0.25, 0.3) is 0 Å². The van der Waals surface area contributed by atoms with Gasteiger partial charge in [-0.25, -0.2) is 8.42 Å². The molecule has 1 saturated heterocycles. The molecule has 1 aliphatic heterocycles. The maximum Gasteiger partial charge on any atom is 0.241 e. The Hall–Kier alpha value is -2.42. The van der Waals surface area contributed by atoms with Gasteiger partial charge in [-0.05, 0) is 75.5 Å². The summed E-state index contributed by atoms with van der Waals surface area (Å²) in [6.07, 6.45) is 1.15. The maximum absolute atomic E-state index is 13.6. The molecule has 1 fully saturated rings. The van der Waals surface area contributed by atoms with Gasteiger partial charge in [0.2, 0.25) is 15.9 Å². The highest BCUT2D eigenvalue weighted by Crippen LogP contribution is 2.30. The highest BCUT2D eigenvalue weighted by molar-refractivity contribution is 7.89. The second kappa shape index (κ2) is 10.7. The van der Waals surface area contributed by atoms with Gasteiger partial charge in [0.1, 0.15) is 11.8 Å². The van der Waals surface area contributed by atoms with E-state index in [0.29, 0.717) is 36.4 Å². The summed E-state index contributed by atoms with van der Waals surface area (Å²) in [5.74, 6) is 0.466. The van der Waals surface area contributed by atoms with Crippen molar-refractivity contribution in [2.75, 3.05) is 40.3 Å². The van der Waals surface area contributed by atoms with Gasteiger partial charge in [0, 0.05) is 19.6 Å². The Morgan fingerprint density at radius 1 is 1.06 bits per heavy atom. The maximum atomic E-state index is 13.6. The van der Waals surface area contributed by atoms with Gasteiger partial charge in [-0.3, -0.25) is 4.79 Å². The normalized spacial score (nSPS) is 16.3. The number of nitrogens with zero attached hydrogens (tertiary/aromatic N) is 2. The summed E-state index contributed by atoms with van der Waals surface area (Å²) in [4.78, 5) is 17.8. The number of carbonyl (C=O) groups is 1. The first-order valence-corrected chi connectivity index (χ1v) is 12.8. The molecular formula is C25H35N3O4S. The van der Waals surface area contributed by atoms with Gasteiger partial charge in [0.05, 0.1) is 12.0 Å². The summed E-state index contributed by atoms with van der Waals surface area (Å²) >= 11 is 0. The molecule has 0 aromatic heterocycles. The first-order valence-electron chi connectivity index (χ1n) is 11.3. The molecule has 1 amide bonds. The van der Waals surface area contributed by atoms with Crippen molar-refractivity contribution in [1.82, 2.24) is 14.5 Å². The first kappa shape index (κ1) is 25.2. The SMILES string of the molecule is COc1cc(C)c(S(=O)(=O)N[C@@H](Cc2ccccc2)C(=O)N2CCCN(C)CC2)c(C)c1C. The number of aryl methyl sites for hydroxylation is 1. The van der Waals surface area contributed by atoms with Crippen LogP contribution in [0.3, 0.4) is 0 Å². The standard InChI is InChI=1S/C25H35N3O4S/c1-18-16-23(32-5)19(2)20(3)24(18)33(30,31)26-22(17-21-10-7-6-8-11-21)25(29)28-13-9-12-27(4)14-15-28/h6-8,10-11,16,22,26H,9,12-15,17H2,1-5H3/t22-/m0/s1. The molecule has 0 saturated carbocycles. The van der Waals surface area contributed by atoms with Crippen LogP contribution < -0.4 is 9.46 Å². The van der Waals surface area contributed by atoms with Crippen molar-refractivity contribution in [1.29, 1.82) is 0 Å². The predicted molar refractivity (Wildman–Crippen MR) is 130 cm³/mol. The fourth-order valence-electron chi connectivity index (χ4n) is 4.41. The lowest BCUT2D eigenvalue weighted by atomic mass is 10.1. The molecule has 8 heteroatoms. The van der Waals surface area contributed by atoms with Crippen molar-refractivity contribution in [3.63, 3.8) is 0 Å². The highest BCUT2D eigenvalue weighted by Gasteiger charge is 2.32. The van der Waals surface area contributed by atoms with Crippen LogP contribution in [0, 0.1) is 20.8 Å². The van der Waals surface area contributed by atoms with Gasteiger partial charge in [-0.15, -0.1) is 0 Å². The number of benzene rings is 2. The molecule has 7 nitrogen and oxygen atoms in total. The monoisotopic (exact) mass is 473 g/mol. The van der Waals surface area contributed by atoms with E-state index in [9.17, 15) is 13.2 Å². The fourth-order valence-corrected chi connectivity index (χ4v) is 6.13. The minimum atomic E-state index is -3.96. The molecule has 1 N–H and O–H groups in total. The third-order valence-corrected chi connectivity index (χ3v) is 8.14. The number of amides is 1. The number of likely N-dealkylation sites (N-methyl/N-ethyl adjacent to an activating group) is 1. The van der Waals surface area contributed by atoms with Crippen LogP contribution in [0.15, 0.2) is 41.3 Å². The van der Waals surface area contributed by atoms with Gasteiger partial charge >= 0.3 is 0 Å². The van der Waals surface area contributed by atoms with Crippen LogP contribution in [-0.4, -0.2) is 70.5 Å². The van der Waals surface area contributed by atoms with Crippen LogP contribution in [0.5, 0.6) is 5.75 Å². The molecule has 0 bridgehead atoms. The Labute approximate surface area is 197 Å². The van der Waals surface area contributed by atoms with Crippen molar-refractivity contribution in [3.05, 3.63) is 58.7 Å². The topological polar surface area (TPSA) is 78.9 Å². The number of hydrogen-bond acceptors (Lipinski definition) is 5. The largest absolute Gasteiger partial charge is 0.496 e.